The minimum atomic E-state index is -0.509. The number of nitrogens with zero attached hydrogens (tertiary/aromatic N) is 1. The molecule has 0 saturated heterocycles. The number of hydrogen-bond acceptors (Lipinski definition) is 3. The standard InChI is InChI=1S/C18H20N2O3/c1-6-23-18(22)13-8-14(21)15-16(19-13)9(2)7-12-10(3)11(4)20(5)17(12)15/h7-8H,6H2,1-5H3,(H,19,21). The summed E-state index contributed by atoms with van der Waals surface area (Å²) in [6, 6.07) is 3.39. The van der Waals surface area contributed by atoms with Gasteiger partial charge < -0.3 is 14.3 Å². The van der Waals surface area contributed by atoms with Crippen LogP contribution in [0.3, 0.4) is 0 Å². The Morgan fingerprint density at radius 3 is 2.61 bits per heavy atom. The molecule has 0 atom stereocenters. The van der Waals surface area contributed by atoms with Crippen molar-refractivity contribution >= 4 is 27.8 Å². The van der Waals surface area contributed by atoms with Crippen molar-refractivity contribution in [1.82, 2.24) is 9.55 Å². The number of fused-ring (bicyclic) bond motifs is 3. The minimum Gasteiger partial charge on any atom is -0.461 e. The molecule has 3 rings (SSSR count). The SMILES string of the molecule is CCOC(=O)c1cc(=O)c2c([nH]1)c(C)cc1c(C)c(C)n(C)c12. The van der Waals surface area contributed by atoms with E-state index >= 15 is 0 Å². The van der Waals surface area contributed by atoms with Crippen molar-refractivity contribution in [1.29, 1.82) is 0 Å². The van der Waals surface area contributed by atoms with Gasteiger partial charge in [-0.15, -0.1) is 0 Å². The average Bonchev–Trinajstić information content (AvgIpc) is 2.72. The van der Waals surface area contributed by atoms with Gasteiger partial charge in [0.05, 0.1) is 23.0 Å². The zero-order chi connectivity index (χ0) is 16.9. The number of pyridine rings is 1. The molecule has 0 aliphatic rings. The van der Waals surface area contributed by atoms with E-state index in [1.54, 1.807) is 6.92 Å². The van der Waals surface area contributed by atoms with Crippen molar-refractivity contribution < 1.29 is 9.53 Å². The number of rotatable bonds is 2. The average molecular weight is 312 g/mol. The molecule has 1 N–H and O–H groups in total. The Labute approximate surface area is 133 Å². The molecule has 23 heavy (non-hydrogen) atoms. The zero-order valence-corrected chi connectivity index (χ0v) is 14.0. The van der Waals surface area contributed by atoms with E-state index in [9.17, 15) is 9.59 Å². The Morgan fingerprint density at radius 2 is 1.96 bits per heavy atom. The molecule has 5 nitrogen and oxygen atoms in total. The predicted molar refractivity (Wildman–Crippen MR) is 91.2 cm³/mol. The fourth-order valence-corrected chi connectivity index (χ4v) is 3.15. The number of aromatic amines is 1. The Hall–Kier alpha value is -2.56. The molecule has 0 bridgehead atoms. The van der Waals surface area contributed by atoms with Crippen molar-refractivity contribution in [3.63, 3.8) is 0 Å². The van der Waals surface area contributed by atoms with Crippen molar-refractivity contribution in [2.75, 3.05) is 6.61 Å². The van der Waals surface area contributed by atoms with Crippen LogP contribution in [0.5, 0.6) is 0 Å². The van der Waals surface area contributed by atoms with Gasteiger partial charge in [0, 0.05) is 24.2 Å². The van der Waals surface area contributed by atoms with Crippen LogP contribution in [0.1, 0.15) is 34.2 Å². The first kappa shape index (κ1) is 15.3. The molecule has 0 radical (unpaired) electrons. The lowest BCUT2D eigenvalue weighted by Gasteiger charge is -2.09. The molecule has 0 amide bonds. The topological polar surface area (TPSA) is 64.1 Å². The van der Waals surface area contributed by atoms with E-state index in [1.165, 1.54) is 11.6 Å². The number of ether oxygens (including phenoxy) is 1. The minimum absolute atomic E-state index is 0.170. The Morgan fingerprint density at radius 1 is 1.26 bits per heavy atom. The van der Waals surface area contributed by atoms with Crippen molar-refractivity contribution in [2.45, 2.75) is 27.7 Å². The number of carbonyl (C=O) groups excluding carboxylic acids is 1. The molecule has 0 fully saturated rings. The second-order valence-corrected chi connectivity index (χ2v) is 5.88. The fourth-order valence-electron chi connectivity index (χ4n) is 3.15. The maximum atomic E-state index is 12.7. The van der Waals surface area contributed by atoms with Gasteiger partial charge in [-0.2, -0.15) is 0 Å². The number of aromatic nitrogens is 2. The highest BCUT2D eigenvalue weighted by molar-refractivity contribution is 6.08. The van der Waals surface area contributed by atoms with Crippen molar-refractivity contribution in [3.8, 4) is 0 Å². The van der Waals surface area contributed by atoms with Crippen LogP contribution in [0.15, 0.2) is 16.9 Å². The number of nitrogens with one attached hydrogen (secondary N) is 1. The van der Waals surface area contributed by atoms with Crippen LogP contribution < -0.4 is 5.43 Å². The van der Waals surface area contributed by atoms with E-state index in [0.29, 0.717) is 10.9 Å². The summed E-state index contributed by atoms with van der Waals surface area (Å²) >= 11 is 0. The smallest absolute Gasteiger partial charge is 0.354 e. The van der Waals surface area contributed by atoms with Crippen LogP contribution in [0, 0.1) is 20.8 Å². The molecule has 120 valence electrons. The summed E-state index contributed by atoms with van der Waals surface area (Å²) in [7, 11) is 1.96. The van der Waals surface area contributed by atoms with E-state index in [0.717, 1.165) is 22.2 Å². The number of H-pyrrole nitrogens is 1. The van der Waals surface area contributed by atoms with Crippen molar-refractivity contribution in [3.05, 3.63) is 44.9 Å². The third kappa shape index (κ3) is 2.15. The molecule has 2 heterocycles. The lowest BCUT2D eigenvalue weighted by molar-refractivity contribution is 0.0520. The molecule has 0 saturated carbocycles. The first-order chi connectivity index (χ1) is 10.9. The highest BCUT2D eigenvalue weighted by Crippen LogP contribution is 2.31. The van der Waals surface area contributed by atoms with Crippen LogP contribution in [-0.2, 0) is 11.8 Å². The van der Waals surface area contributed by atoms with Gasteiger partial charge in [0.25, 0.3) is 0 Å². The van der Waals surface area contributed by atoms with Gasteiger partial charge in [0.2, 0.25) is 0 Å². The highest BCUT2D eigenvalue weighted by Gasteiger charge is 2.18. The molecule has 0 spiro atoms. The monoisotopic (exact) mass is 312 g/mol. The van der Waals surface area contributed by atoms with Gasteiger partial charge in [-0.05, 0) is 44.9 Å². The van der Waals surface area contributed by atoms with Crippen LogP contribution in [-0.4, -0.2) is 22.1 Å². The summed E-state index contributed by atoms with van der Waals surface area (Å²) in [5, 5.41) is 1.69. The van der Waals surface area contributed by atoms with Gasteiger partial charge in [-0.1, -0.05) is 0 Å². The normalized spacial score (nSPS) is 11.3. The number of benzene rings is 1. The summed E-state index contributed by atoms with van der Waals surface area (Å²) in [5.74, 6) is -0.509. The molecule has 1 aromatic carbocycles. The van der Waals surface area contributed by atoms with Crippen LogP contribution in [0.25, 0.3) is 21.8 Å². The fraction of sp³-hybridized carbons (Fsp3) is 0.333. The largest absolute Gasteiger partial charge is 0.461 e. The summed E-state index contributed by atoms with van der Waals surface area (Å²) < 4.78 is 7.03. The molecule has 0 unspecified atom stereocenters. The predicted octanol–water partition coefficient (Wildman–Crippen LogP) is 3.12. The first-order valence-corrected chi connectivity index (χ1v) is 7.66. The van der Waals surface area contributed by atoms with Gasteiger partial charge in [0.1, 0.15) is 5.69 Å². The molecule has 5 heteroatoms. The summed E-state index contributed by atoms with van der Waals surface area (Å²) in [6.07, 6.45) is 0. The summed E-state index contributed by atoms with van der Waals surface area (Å²) in [4.78, 5) is 27.7. The number of aryl methyl sites for hydroxylation is 3. The lowest BCUT2D eigenvalue weighted by atomic mass is 10.0. The maximum Gasteiger partial charge on any atom is 0.354 e. The second kappa shape index (κ2) is 5.26. The van der Waals surface area contributed by atoms with Crippen molar-refractivity contribution in [2.24, 2.45) is 7.05 Å². The number of esters is 1. The van der Waals surface area contributed by atoms with Crippen LogP contribution in [0.2, 0.25) is 0 Å². The van der Waals surface area contributed by atoms with Gasteiger partial charge in [-0.25, -0.2) is 4.79 Å². The summed E-state index contributed by atoms with van der Waals surface area (Å²) in [5.41, 5.74) is 4.84. The zero-order valence-electron chi connectivity index (χ0n) is 14.0. The Balaban J connectivity index is 2.47. The summed E-state index contributed by atoms with van der Waals surface area (Å²) in [6.45, 7) is 8.05. The van der Waals surface area contributed by atoms with E-state index < -0.39 is 5.97 Å². The van der Waals surface area contributed by atoms with Gasteiger partial charge in [-0.3, -0.25) is 4.79 Å². The van der Waals surface area contributed by atoms with Crippen LogP contribution >= 0.6 is 0 Å². The van der Waals surface area contributed by atoms with Crippen LogP contribution in [0.4, 0.5) is 0 Å². The molecular formula is C18H20N2O3. The third-order valence-electron chi connectivity index (χ3n) is 4.56. The Kier molecular flexibility index (Phi) is 3.51. The maximum absolute atomic E-state index is 12.7. The molecule has 0 aliphatic carbocycles. The third-order valence-corrected chi connectivity index (χ3v) is 4.56. The van der Waals surface area contributed by atoms with E-state index in [2.05, 4.69) is 18.0 Å². The molecule has 3 aromatic rings. The molecule has 2 aromatic heterocycles. The molecule has 0 aliphatic heterocycles. The number of carbonyl (C=O) groups is 1. The van der Waals surface area contributed by atoms with E-state index in [1.807, 2.05) is 25.5 Å². The molecular weight excluding hydrogens is 292 g/mol. The van der Waals surface area contributed by atoms with Gasteiger partial charge in [0.15, 0.2) is 5.43 Å². The van der Waals surface area contributed by atoms with E-state index in [-0.39, 0.29) is 17.7 Å². The van der Waals surface area contributed by atoms with Gasteiger partial charge >= 0.3 is 5.97 Å². The lowest BCUT2D eigenvalue weighted by Crippen LogP contribution is -2.14. The number of hydrogen-bond donors (Lipinski definition) is 1. The quantitative estimate of drug-likeness (QED) is 0.739. The highest BCUT2D eigenvalue weighted by atomic mass is 16.5. The van der Waals surface area contributed by atoms with E-state index in [4.69, 9.17) is 4.74 Å². The Bertz CT molecular complexity index is 1010. The second-order valence-electron chi connectivity index (χ2n) is 5.88. The first-order valence-electron chi connectivity index (χ1n) is 7.66.